The van der Waals surface area contributed by atoms with Crippen molar-refractivity contribution in [2.45, 2.75) is 25.8 Å². The number of ether oxygens (including phenoxy) is 1. The van der Waals surface area contributed by atoms with Gasteiger partial charge in [0.25, 0.3) is 0 Å². The van der Waals surface area contributed by atoms with Gasteiger partial charge in [0, 0.05) is 6.42 Å². The van der Waals surface area contributed by atoms with Crippen LogP contribution in [0.5, 0.6) is 5.75 Å². The van der Waals surface area contributed by atoms with Crippen LogP contribution in [-0.2, 0) is 16.8 Å². The highest BCUT2D eigenvalue weighted by molar-refractivity contribution is 5.78. The quantitative estimate of drug-likeness (QED) is 0.917. The van der Waals surface area contributed by atoms with Crippen molar-refractivity contribution in [1.29, 1.82) is 0 Å². The van der Waals surface area contributed by atoms with E-state index >= 15 is 0 Å². The van der Waals surface area contributed by atoms with E-state index in [0.29, 0.717) is 6.42 Å². The van der Waals surface area contributed by atoms with Crippen molar-refractivity contribution in [1.82, 2.24) is 0 Å². The van der Waals surface area contributed by atoms with Gasteiger partial charge in [0.2, 0.25) is 0 Å². The number of benzene rings is 2. The molecule has 0 heterocycles. The van der Waals surface area contributed by atoms with E-state index in [0.717, 1.165) is 22.4 Å². The molecule has 110 valence electrons. The summed E-state index contributed by atoms with van der Waals surface area (Å²) in [6.45, 7) is 3.57. The number of hydrogen-bond donors (Lipinski definition) is 1. The maximum absolute atomic E-state index is 11.3. The van der Waals surface area contributed by atoms with E-state index in [-0.39, 0.29) is 5.78 Å². The molecule has 1 atom stereocenters. The third-order valence-electron chi connectivity index (χ3n) is 3.67. The molecular weight excluding hydrogens is 262 g/mol. The van der Waals surface area contributed by atoms with Crippen molar-refractivity contribution in [2.75, 3.05) is 7.11 Å². The zero-order chi connectivity index (χ0) is 15.5. The molecule has 0 saturated carbocycles. The summed E-state index contributed by atoms with van der Waals surface area (Å²) in [5.74, 6) is 0.954. The van der Waals surface area contributed by atoms with Gasteiger partial charge in [-0.25, -0.2) is 0 Å². The number of carbonyl (C=O) groups excluding carboxylic acids is 1. The fraction of sp³-hybridized carbons (Fsp3) is 0.278. The fourth-order valence-electron chi connectivity index (χ4n) is 2.40. The molecule has 0 bridgehead atoms. The summed E-state index contributed by atoms with van der Waals surface area (Å²) in [6, 6.07) is 15.6. The highest BCUT2D eigenvalue weighted by Crippen LogP contribution is 2.28. The second kappa shape index (κ2) is 6.10. The van der Waals surface area contributed by atoms with E-state index in [1.54, 1.807) is 14.0 Å². The molecule has 0 aliphatic heterocycles. The molecule has 0 fully saturated rings. The van der Waals surface area contributed by atoms with E-state index < -0.39 is 5.54 Å². The Morgan fingerprint density at radius 3 is 2.38 bits per heavy atom. The van der Waals surface area contributed by atoms with Gasteiger partial charge in [0.1, 0.15) is 11.5 Å². The predicted octanol–water partition coefficient (Wildman–Crippen LogP) is 3.05. The summed E-state index contributed by atoms with van der Waals surface area (Å²) < 4.78 is 5.17. The van der Waals surface area contributed by atoms with Crippen LogP contribution in [0.15, 0.2) is 48.5 Å². The Labute approximate surface area is 125 Å². The molecule has 0 aliphatic carbocycles. The first-order valence-electron chi connectivity index (χ1n) is 6.96. The Morgan fingerprint density at radius 1 is 1.14 bits per heavy atom. The van der Waals surface area contributed by atoms with Crippen LogP contribution in [0, 0.1) is 0 Å². The Morgan fingerprint density at radius 2 is 1.81 bits per heavy atom. The fourth-order valence-corrected chi connectivity index (χ4v) is 2.40. The molecule has 2 aromatic rings. The lowest BCUT2D eigenvalue weighted by Crippen LogP contribution is -2.34. The van der Waals surface area contributed by atoms with Gasteiger partial charge in [-0.05, 0) is 42.7 Å². The van der Waals surface area contributed by atoms with Gasteiger partial charge in [-0.2, -0.15) is 0 Å². The first-order chi connectivity index (χ1) is 9.93. The normalized spacial score (nSPS) is 13.5. The summed E-state index contributed by atoms with van der Waals surface area (Å²) >= 11 is 0. The van der Waals surface area contributed by atoms with Gasteiger partial charge in [0.15, 0.2) is 0 Å². The van der Waals surface area contributed by atoms with E-state index in [2.05, 4.69) is 0 Å². The van der Waals surface area contributed by atoms with E-state index in [9.17, 15) is 4.79 Å². The van der Waals surface area contributed by atoms with Crippen molar-refractivity contribution < 1.29 is 9.53 Å². The van der Waals surface area contributed by atoms with Gasteiger partial charge in [0.05, 0.1) is 12.6 Å². The maximum Gasteiger partial charge on any atom is 0.134 e. The van der Waals surface area contributed by atoms with Crippen LogP contribution < -0.4 is 10.5 Å². The maximum atomic E-state index is 11.3. The highest BCUT2D eigenvalue weighted by atomic mass is 16.5. The topological polar surface area (TPSA) is 52.3 Å². The number of carbonyl (C=O) groups is 1. The molecule has 3 nitrogen and oxygen atoms in total. The molecule has 0 aromatic heterocycles. The van der Waals surface area contributed by atoms with Crippen LogP contribution in [-0.4, -0.2) is 12.9 Å². The number of nitrogens with two attached hydrogens (primary N) is 1. The molecular formula is C18H21NO2. The third kappa shape index (κ3) is 3.50. The van der Waals surface area contributed by atoms with Crippen LogP contribution in [0.4, 0.5) is 0 Å². The van der Waals surface area contributed by atoms with Crippen molar-refractivity contribution in [3.63, 3.8) is 0 Å². The number of ketones is 1. The number of methoxy groups -OCH3 is 1. The largest absolute Gasteiger partial charge is 0.497 e. The van der Waals surface area contributed by atoms with Gasteiger partial charge in [-0.15, -0.1) is 0 Å². The van der Waals surface area contributed by atoms with E-state index in [1.807, 2.05) is 55.5 Å². The molecule has 0 saturated heterocycles. The molecule has 1 unspecified atom stereocenters. The molecule has 0 aliphatic rings. The van der Waals surface area contributed by atoms with E-state index in [4.69, 9.17) is 10.5 Å². The summed E-state index contributed by atoms with van der Waals surface area (Å²) in [4.78, 5) is 11.3. The third-order valence-corrected chi connectivity index (χ3v) is 3.67. The van der Waals surface area contributed by atoms with Gasteiger partial charge in [-0.1, -0.05) is 36.4 Å². The first kappa shape index (κ1) is 15.3. The Hall–Kier alpha value is -2.13. The molecule has 0 amide bonds. The Kier molecular flexibility index (Phi) is 4.43. The highest BCUT2D eigenvalue weighted by Gasteiger charge is 2.24. The minimum absolute atomic E-state index is 0.148. The number of rotatable bonds is 5. The Balaban J connectivity index is 2.35. The molecule has 0 radical (unpaired) electrons. The minimum atomic E-state index is -0.612. The molecule has 0 spiro atoms. The molecule has 3 heteroatoms. The summed E-state index contributed by atoms with van der Waals surface area (Å²) in [6.07, 6.45) is 0.437. The van der Waals surface area contributed by atoms with E-state index in [1.165, 1.54) is 0 Å². The minimum Gasteiger partial charge on any atom is -0.497 e. The van der Waals surface area contributed by atoms with Crippen LogP contribution in [0.3, 0.4) is 0 Å². The smallest absolute Gasteiger partial charge is 0.134 e. The second-order valence-corrected chi connectivity index (χ2v) is 5.51. The molecule has 2 N–H and O–H groups in total. The average Bonchev–Trinajstić information content (AvgIpc) is 2.47. The number of hydrogen-bond acceptors (Lipinski definition) is 3. The van der Waals surface area contributed by atoms with Gasteiger partial charge < -0.3 is 10.5 Å². The van der Waals surface area contributed by atoms with Gasteiger partial charge >= 0.3 is 0 Å². The Bertz CT molecular complexity index is 630. The van der Waals surface area contributed by atoms with Crippen molar-refractivity contribution >= 4 is 5.78 Å². The summed E-state index contributed by atoms with van der Waals surface area (Å²) in [5, 5.41) is 0. The summed E-state index contributed by atoms with van der Waals surface area (Å²) in [5.41, 5.74) is 8.90. The lowest BCUT2D eigenvalue weighted by molar-refractivity contribution is -0.116. The zero-order valence-electron chi connectivity index (χ0n) is 12.7. The standard InChI is InChI=1S/C18H21NO2/c1-13(20)11-14-5-4-6-16(12-14)18(2,19)15-7-9-17(21-3)10-8-15/h4-10,12H,11,19H2,1-3H3. The van der Waals surface area contributed by atoms with Crippen LogP contribution in [0.1, 0.15) is 30.5 Å². The number of Topliss-reactive ketones (excluding diaryl/α,β-unsaturated/α-hetero) is 1. The molecule has 21 heavy (non-hydrogen) atoms. The molecule has 2 aromatic carbocycles. The first-order valence-corrected chi connectivity index (χ1v) is 6.96. The van der Waals surface area contributed by atoms with Crippen LogP contribution in [0.2, 0.25) is 0 Å². The summed E-state index contributed by atoms with van der Waals surface area (Å²) in [7, 11) is 1.64. The van der Waals surface area contributed by atoms with Crippen molar-refractivity contribution in [3.8, 4) is 5.75 Å². The van der Waals surface area contributed by atoms with Crippen LogP contribution in [0.25, 0.3) is 0 Å². The predicted molar refractivity (Wildman–Crippen MR) is 84.5 cm³/mol. The SMILES string of the molecule is COc1ccc(C(C)(N)c2cccc(CC(C)=O)c2)cc1. The average molecular weight is 283 g/mol. The van der Waals surface area contributed by atoms with Crippen molar-refractivity contribution in [3.05, 3.63) is 65.2 Å². The lowest BCUT2D eigenvalue weighted by atomic mass is 9.84. The van der Waals surface area contributed by atoms with Crippen LogP contribution >= 0.6 is 0 Å². The monoisotopic (exact) mass is 283 g/mol. The molecule has 2 rings (SSSR count). The van der Waals surface area contributed by atoms with Crippen molar-refractivity contribution in [2.24, 2.45) is 5.73 Å². The zero-order valence-corrected chi connectivity index (χ0v) is 12.7. The lowest BCUT2D eigenvalue weighted by Gasteiger charge is -2.26. The second-order valence-electron chi connectivity index (χ2n) is 5.51. The van der Waals surface area contributed by atoms with Gasteiger partial charge in [-0.3, -0.25) is 4.79 Å².